The van der Waals surface area contributed by atoms with Crippen LogP contribution >= 0.6 is 15.9 Å². The molecular weight excluding hydrogens is 326 g/mol. The Bertz CT molecular complexity index is 688. The summed E-state index contributed by atoms with van der Waals surface area (Å²) in [6.07, 6.45) is 1.47. The van der Waals surface area contributed by atoms with E-state index in [9.17, 15) is 9.59 Å². The number of halogens is 1. The molecule has 0 aliphatic carbocycles. The Morgan fingerprint density at radius 1 is 1.30 bits per heavy atom. The number of nitrogens with one attached hydrogen (secondary N) is 1. The minimum atomic E-state index is -1.15. The molecule has 102 valence electrons. The maximum Gasteiger partial charge on any atom is 0.337 e. The number of carbonyl (C=O) groups excluding carboxylic acids is 1. The molecule has 2 rings (SSSR count). The highest BCUT2D eigenvalue weighted by Crippen LogP contribution is 2.21. The van der Waals surface area contributed by atoms with Crippen molar-refractivity contribution in [1.82, 2.24) is 4.98 Å². The van der Waals surface area contributed by atoms with E-state index >= 15 is 0 Å². The molecule has 1 heterocycles. The van der Waals surface area contributed by atoms with Crippen molar-refractivity contribution in [2.75, 3.05) is 11.1 Å². The van der Waals surface area contributed by atoms with Gasteiger partial charge in [0.15, 0.2) is 0 Å². The Kier molecular flexibility index (Phi) is 3.99. The lowest BCUT2D eigenvalue weighted by molar-refractivity contribution is 0.0698. The number of carboxylic acids is 1. The van der Waals surface area contributed by atoms with E-state index in [0.29, 0.717) is 10.2 Å². The lowest BCUT2D eigenvalue weighted by Gasteiger charge is -2.09. The number of rotatable bonds is 3. The topological polar surface area (TPSA) is 105 Å². The molecule has 1 amide bonds. The van der Waals surface area contributed by atoms with Gasteiger partial charge in [-0.15, -0.1) is 0 Å². The number of hydrogen-bond donors (Lipinski definition) is 3. The molecule has 0 aliphatic heterocycles. The number of benzene rings is 1. The van der Waals surface area contributed by atoms with Crippen LogP contribution in [0.15, 0.2) is 41.0 Å². The van der Waals surface area contributed by atoms with Crippen LogP contribution in [0.25, 0.3) is 0 Å². The second-order valence-corrected chi connectivity index (χ2v) is 4.75. The highest BCUT2D eigenvalue weighted by atomic mass is 79.9. The number of carboxylic acid groups (broad SMARTS) is 1. The third kappa shape index (κ3) is 2.94. The average molecular weight is 336 g/mol. The minimum absolute atomic E-state index is 0.0420. The van der Waals surface area contributed by atoms with Crippen LogP contribution in [-0.4, -0.2) is 22.0 Å². The van der Waals surface area contributed by atoms with E-state index in [4.69, 9.17) is 10.8 Å². The van der Waals surface area contributed by atoms with Gasteiger partial charge in [0.2, 0.25) is 0 Å². The molecule has 4 N–H and O–H groups in total. The highest BCUT2D eigenvalue weighted by molar-refractivity contribution is 9.10. The fraction of sp³-hybridized carbons (Fsp3) is 0. The van der Waals surface area contributed by atoms with Gasteiger partial charge in [0, 0.05) is 16.4 Å². The Hall–Kier alpha value is -2.41. The van der Waals surface area contributed by atoms with Crippen LogP contribution in [0.2, 0.25) is 0 Å². The van der Waals surface area contributed by atoms with Gasteiger partial charge in [-0.05, 0) is 46.3 Å². The fourth-order valence-electron chi connectivity index (χ4n) is 1.59. The Balaban J connectivity index is 2.35. The number of nitrogen functional groups attached to an aromatic ring is 1. The summed E-state index contributed by atoms with van der Waals surface area (Å²) in [7, 11) is 0. The number of aromatic nitrogens is 1. The number of nitrogens with zero attached hydrogens (tertiary/aromatic N) is 1. The largest absolute Gasteiger partial charge is 0.478 e. The minimum Gasteiger partial charge on any atom is -0.478 e. The molecule has 20 heavy (non-hydrogen) atoms. The average Bonchev–Trinajstić information content (AvgIpc) is 2.38. The predicted octanol–water partition coefficient (Wildman–Crippen LogP) is 2.38. The molecule has 1 aromatic heterocycles. The first-order valence-corrected chi connectivity index (χ1v) is 6.33. The SMILES string of the molecule is Nc1ccc(C(=O)O)c(NC(=O)c2ncccc2Br)c1. The third-order valence-corrected chi connectivity index (χ3v) is 3.14. The van der Waals surface area contributed by atoms with Gasteiger partial charge < -0.3 is 16.2 Å². The number of pyridine rings is 1. The predicted molar refractivity (Wildman–Crippen MR) is 77.7 cm³/mol. The standard InChI is InChI=1S/C13H10BrN3O3/c14-9-2-1-5-16-11(9)12(18)17-10-6-7(15)3-4-8(10)13(19)20/h1-6H,15H2,(H,17,18)(H,19,20). The van der Waals surface area contributed by atoms with Crippen molar-refractivity contribution >= 4 is 39.2 Å². The quantitative estimate of drug-likeness (QED) is 0.747. The summed E-state index contributed by atoms with van der Waals surface area (Å²) in [5, 5.41) is 11.6. The summed E-state index contributed by atoms with van der Waals surface area (Å²) in [4.78, 5) is 27.1. The first kappa shape index (κ1) is 14.0. The molecule has 0 atom stereocenters. The molecule has 2 aromatic rings. The van der Waals surface area contributed by atoms with Crippen LogP contribution in [0.5, 0.6) is 0 Å². The van der Waals surface area contributed by atoms with Gasteiger partial charge in [-0.25, -0.2) is 9.78 Å². The summed E-state index contributed by atoms with van der Waals surface area (Å²) in [6, 6.07) is 7.51. The molecular formula is C13H10BrN3O3. The van der Waals surface area contributed by atoms with Gasteiger partial charge in [-0.2, -0.15) is 0 Å². The van der Waals surface area contributed by atoms with Crippen LogP contribution in [0.1, 0.15) is 20.8 Å². The lowest BCUT2D eigenvalue weighted by Crippen LogP contribution is -2.16. The van der Waals surface area contributed by atoms with Crippen LogP contribution in [0.3, 0.4) is 0 Å². The van der Waals surface area contributed by atoms with E-state index in [1.165, 1.54) is 24.4 Å². The van der Waals surface area contributed by atoms with Crippen molar-refractivity contribution in [1.29, 1.82) is 0 Å². The molecule has 0 radical (unpaired) electrons. The van der Waals surface area contributed by atoms with Crippen LogP contribution in [0, 0.1) is 0 Å². The Labute approximate surface area is 122 Å². The maximum atomic E-state index is 12.1. The number of aromatic carboxylic acids is 1. The van der Waals surface area contributed by atoms with E-state index in [1.807, 2.05) is 0 Å². The lowest BCUT2D eigenvalue weighted by atomic mass is 10.1. The van der Waals surface area contributed by atoms with E-state index in [1.54, 1.807) is 12.1 Å². The van der Waals surface area contributed by atoms with Gasteiger partial charge in [0.05, 0.1) is 11.3 Å². The van der Waals surface area contributed by atoms with Gasteiger partial charge >= 0.3 is 5.97 Å². The van der Waals surface area contributed by atoms with Crippen molar-refractivity contribution in [2.24, 2.45) is 0 Å². The molecule has 0 unspecified atom stereocenters. The summed E-state index contributed by atoms with van der Waals surface area (Å²) < 4.78 is 0.512. The fourth-order valence-corrected chi connectivity index (χ4v) is 2.02. The number of anilines is 2. The summed E-state index contributed by atoms with van der Waals surface area (Å²) >= 11 is 3.21. The highest BCUT2D eigenvalue weighted by Gasteiger charge is 2.16. The first-order chi connectivity index (χ1) is 9.49. The zero-order valence-corrected chi connectivity index (χ0v) is 11.7. The van der Waals surface area contributed by atoms with Crippen LogP contribution in [-0.2, 0) is 0 Å². The van der Waals surface area contributed by atoms with Crippen molar-refractivity contribution in [3.63, 3.8) is 0 Å². The van der Waals surface area contributed by atoms with Gasteiger partial charge in [0.1, 0.15) is 5.69 Å². The Morgan fingerprint density at radius 2 is 2.05 bits per heavy atom. The number of nitrogens with two attached hydrogens (primary N) is 1. The van der Waals surface area contributed by atoms with Crippen molar-refractivity contribution < 1.29 is 14.7 Å². The van der Waals surface area contributed by atoms with E-state index < -0.39 is 11.9 Å². The van der Waals surface area contributed by atoms with Crippen molar-refractivity contribution in [2.45, 2.75) is 0 Å². The zero-order valence-electron chi connectivity index (χ0n) is 10.1. The van der Waals surface area contributed by atoms with Gasteiger partial charge in [-0.1, -0.05) is 0 Å². The van der Waals surface area contributed by atoms with Gasteiger partial charge in [0.25, 0.3) is 5.91 Å². The normalized spacial score (nSPS) is 10.1. The molecule has 0 spiro atoms. The summed E-state index contributed by atoms with van der Waals surface area (Å²) in [5.74, 6) is -1.68. The Morgan fingerprint density at radius 3 is 2.70 bits per heavy atom. The van der Waals surface area contributed by atoms with E-state index in [2.05, 4.69) is 26.2 Å². The second-order valence-electron chi connectivity index (χ2n) is 3.90. The molecule has 6 nitrogen and oxygen atoms in total. The van der Waals surface area contributed by atoms with Gasteiger partial charge in [-0.3, -0.25) is 4.79 Å². The molecule has 0 saturated carbocycles. The smallest absolute Gasteiger partial charge is 0.337 e. The van der Waals surface area contributed by atoms with E-state index in [0.717, 1.165) is 0 Å². The van der Waals surface area contributed by atoms with Crippen LogP contribution < -0.4 is 11.1 Å². The molecule has 0 saturated heterocycles. The molecule has 7 heteroatoms. The summed E-state index contributed by atoms with van der Waals surface area (Å²) in [6.45, 7) is 0. The molecule has 0 fully saturated rings. The zero-order chi connectivity index (χ0) is 14.7. The van der Waals surface area contributed by atoms with Crippen molar-refractivity contribution in [3.05, 3.63) is 52.3 Å². The first-order valence-electron chi connectivity index (χ1n) is 5.53. The van der Waals surface area contributed by atoms with Crippen LogP contribution in [0.4, 0.5) is 11.4 Å². The third-order valence-electron chi connectivity index (χ3n) is 2.50. The van der Waals surface area contributed by atoms with E-state index in [-0.39, 0.29) is 16.9 Å². The second kappa shape index (κ2) is 5.70. The number of amides is 1. The number of carbonyl (C=O) groups is 2. The number of hydrogen-bond acceptors (Lipinski definition) is 4. The van der Waals surface area contributed by atoms with Crippen molar-refractivity contribution in [3.8, 4) is 0 Å². The monoisotopic (exact) mass is 335 g/mol. The summed E-state index contributed by atoms with van der Waals surface area (Å²) in [5.41, 5.74) is 6.20. The molecule has 1 aromatic carbocycles. The molecule has 0 aliphatic rings. The molecule has 0 bridgehead atoms. The maximum absolute atomic E-state index is 12.1.